The van der Waals surface area contributed by atoms with Crippen LogP contribution in [0.15, 0.2) is 12.4 Å². The zero-order valence-electron chi connectivity index (χ0n) is 13.6. The maximum atomic E-state index is 12.4. The molecule has 0 spiro atoms. The molecule has 1 N–H and O–H groups in total. The fourth-order valence-corrected chi connectivity index (χ4v) is 2.45. The maximum absolute atomic E-state index is 12.4. The number of carbonyl (C=O) groups is 1. The van der Waals surface area contributed by atoms with Crippen molar-refractivity contribution in [2.45, 2.75) is 39.8 Å². The number of rotatable bonds is 6. The second kappa shape index (κ2) is 6.59. The van der Waals surface area contributed by atoms with Crippen LogP contribution in [0.4, 0.5) is 5.69 Å². The van der Waals surface area contributed by atoms with Crippen LogP contribution in [-0.4, -0.2) is 30.4 Å². The highest BCUT2D eigenvalue weighted by molar-refractivity contribution is 5.80. The van der Waals surface area contributed by atoms with Crippen molar-refractivity contribution in [1.29, 1.82) is 0 Å². The summed E-state index contributed by atoms with van der Waals surface area (Å²) in [5.74, 6) is -0.229. The SMILES string of the molecule is CCC(C(=O)NCc1c(C)nn(C)c1C)n1cc([N+](=O)[O-])cn1. The number of aryl methyl sites for hydroxylation is 2. The highest BCUT2D eigenvalue weighted by atomic mass is 16.6. The topological polar surface area (TPSA) is 108 Å². The monoisotopic (exact) mass is 320 g/mol. The first-order valence-corrected chi connectivity index (χ1v) is 7.30. The minimum absolute atomic E-state index is 0.129. The summed E-state index contributed by atoms with van der Waals surface area (Å²) in [5.41, 5.74) is 2.70. The molecule has 2 aromatic heterocycles. The van der Waals surface area contributed by atoms with Crippen LogP contribution in [0.1, 0.15) is 36.3 Å². The van der Waals surface area contributed by atoms with E-state index in [0.29, 0.717) is 13.0 Å². The summed E-state index contributed by atoms with van der Waals surface area (Å²) >= 11 is 0. The van der Waals surface area contributed by atoms with Crippen LogP contribution < -0.4 is 5.32 Å². The van der Waals surface area contributed by atoms with Gasteiger partial charge in [-0.2, -0.15) is 10.2 Å². The predicted octanol–water partition coefficient (Wildman–Crippen LogP) is 1.41. The summed E-state index contributed by atoms with van der Waals surface area (Å²) in [7, 11) is 1.85. The van der Waals surface area contributed by atoms with Crippen molar-refractivity contribution in [1.82, 2.24) is 24.9 Å². The summed E-state index contributed by atoms with van der Waals surface area (Å²) in [6, 6.07) is -0.582. The van der Waals surface area contributed by atoms with Gasteiger partial charge in [0.2, 0.25) is 5.91 Å². The van der Waals surface area contributed by atoms with Crippen molar-refractivity contribution >= 4 is 11.6 Å². The molecular weight excluding hydrogens is 300 g/mol. The number of aromatic nitrogens is 4. The van der Waals surface area contributed by atoms with Crippen molar-refractivity contribution in [2.75, 3.05) is 0 Å². The van der Waals surface area contributed by atoms with Crippen LogP contribution in [0.25, 0.3) is 0 Å². The van der Waals surface area contributed by atoms with Crippen LogP contribution in [0, 0.1) is 24.0 Å². The standard InChI is InChI=1S/C14H20N6O3/c1-5-13(19-8-11(6-16-19)20(22)23)14(21)15-7-12-9(2)17-18(4)10(12)3/h6,8,13H,5,7H2,1-4H3,(H,15,21). The van der Waals surface area contributed by atoms with Gasteiger partial charge in [-0.25, -0.2) is 0 Å². The maximum Gasteiger partial charge on any atom is 0.307 e. The summed E-state index contributed by atoms with van der Waals surface area (Å²) in [4.78, 5) is 22.6. The largest absolute Gasteiger partial charge is 0.350 e. The molecule has 1 amide bonds. The number of nitrogens with zero attached hydrogens (tertiary/aromatic N) is 5. The van der Waals surface area contributed by atoms with Crippen LogP contribution in [0.5, 0.6) is 0 Å². The fourth-order valence-electron chi connectivity index (χ4n) is 2.45. The third-order valence-corrected chi connectivity index (χ3v) is 3.91. The fraction of sp³-hybridized carbons (Fsp3) is 0.500. The Bertz CT molecular complexity index is 733. The number of hydrogen-bond donors (Lipinski definition) is 1. The van der Waals surface area contributed by atoms with E-state index in [2.05, 4.69) is 15.5 Å². The molecule has 0 bridgehead atoms. The third kappa shape index (κ3) is 3.38. The number of carbonyl (C=O) groups excluding carboxylic acids is 1. The molecule has 9 heteroatoms. The van der Waals surface area contributed by atoms with Gasteiger partial charge in [0.05, 0.1) is 10.6 Å². The first-order valence-electron chi connectivity index (χ1n) is 7.30. The second-order valence-electron chi connectivity index (χ2n) is 5.35. The molecule has 2 heterocycles. The molecule has 0 radical (unpaired) electrons. The molecule has 0 aliphatic heterocycles. The molecule has 1 unspecified atom stereocenters. The van der Waals surface area contributed by atoms with Gasteiger partial charge in [-0.15, -0.1) is 0 Å². The van der Waals surface area contributed by atoms with Crippen molar-refractivity contribution in [3.8, 4) is 0 Å². The molecule has 0 fully saturated rings. The van der Waals surface area contributed by atoms with Crippen molar-refractivity contribution in [3.05, 3.63) is 39.5 Å². The van der Waals surface area contributed by atoms with Gasteiger partial charge < -0.3 is 5.32 Å². The van der Waals surface area contributed by atoms with Gasteiger partial charge in [-0.3, -0.25) is 24.3 Å². The molecule has 0 aliphatic carbocycles. The van der Waals surface area contributed by atoms with Crippen LogP contribution >= 0.6 is 0 Å². The van der Waals surface area contributed by atoms with Gasteiger partial charge in [0.1, 0.15) is 18.4 Å². The first-order chi connectivity index (χ1) is 10.8. The Balaban J connectivity index is 2.09. The van der Waals surface area contributed by atoms with Gasteiger partial charge in [-0.1, -0.05) is 6.92 Å². The van der Waals surface area contributed by atoms with Gasteiger partial charge in [-0.05, 0) is 20.3 Å². The van der Waals surface area contributed by atoms with E-state index in [9.17, 15) is 14.9 Å². The predicted molar refractivity (Wildman–Crippen MR) is 82.7 cm³/mol. The first kappa shape index (κ1) is 16.7. The molecule has 0 saturated carbocycles. The number of nitro groups is 1. The Morgan fingerprint density at radius 1 is 1.48 bits per heavy atom. The molecule has 0 saturated heterocycles. The van der Waals surface area contributed by atoms with Crippen LogP contribution in [0.3, 0.4) is 0 Å². The Kier molecular flexibility index (Phi) is 4.77. The molecule has 0 aliphatic rings. The smallest absolute Gasteiger partial charge is 0.307 e. The lowest BCUT2D eigenvalue weighted by molar-refractivity contribution is -0.385. The van der Waals surface area contributed by atoms with E-state index < -0.39 is 11.0 Å². The lowest BCUT2D eigenvalue weighted by Gasteiger charge is -2.15. The molecule has 2 aromatic rings. The minimum Gasteiger partial charge on any atom is -0.350 e. The third-order valence-electron chi connectivity index (χ3n) is 3.91. The number of amides is 1. The Hall–Kier alpha value is -2.71. The molecule has 124 valence electrons. The summed E-state index contributed by atoms with van der Waals surface area (Å²) in [6.07, 6.45) is 2.90. The molecule has 1 atom stereocenters. The van der Waals surface area contributed by atoms with E-state index in [4.69, 9.17) is 0 Å². The number of nitrogens with one attached hydrogen (secondary N) is 1. The van der Waals surface area contributed by atoms with Gasteiger partial charge in [0, 0.05) is 24.8 Å². The second-order valence-corrected chi connectivity index (χ2v) is 5.35. The summed E-state index contributed by atoms with van der Waals surface area (Å²) in [5, 5.41) is 21.8. The minimum atomic E-state index is -0.582. The Labute approximate surface area is 133 Å². The number of hydrogen-bond acceptors (Lipinski definition) is 5. The summed E-state index contributed by atoms with van der Waals surface area (Å²) < 4.78 is 3.10. The lowest BCUT2D eigenvalue weighted by Crippen LogP contribution is -2.32. The lowest BCUT2D eigenvalue weighted by atomic mass is 10.1. The van der Waals surface area contributed by atoms with Crippen molar-refractivity contribution in [3.63, 3.8) is 0 Å². The van der Waals surface area contributed by atoms with E-state index in [1.165, 1.54) is 10.9 Å². The molecule has 23 heavy (non-hydrogen) atoms. The van der Waals surface area contributed by atoms with Gasteiger partial charge in [0.15, 0.2) is 0 Å². The quantitative estimate of drug-likeness (QED) is 0.639. The van der Waals surface area contributed by atoms with Gasteiger partial charge >= 0.3 is 5.69 Å². The summed E-state index contributed by atoms with van der Waals surface area (Å²) in [6.45, 7) is 6.03. The van der Waals surface area contributed by atoms with E-state index in [0.717, 1.165) is 23.1 Å². The zero-order valence-corrected chi connectivity index (χ0v) is 13.6. The molecule has 2 rings (SSSR count). The van der Waals surface area contributed by atoms with E-state index >= 15 is 0 Å². The van der Waals surface area contributed by atoms with E-state index in [-0.39, 0.29) is 11.6 Å². The van der Waals surface area contributed by atoms with Crippen LogP contribution in [0.2, 0.25) is 0 Å². The molecule has 9 nitrogen and oxygen atoms in total. The van der Waals surface area contributed by atoms with Gasteiger partial charge in [0.25, 0.3) is 0 Å². The molecular formula is C14H20N6O3. The van der Waals surface area contributed by atoms with E-state index in [1.807, 2.05) is 27.8 Å². The van der Waals surface area contributed by atoms with Crippen LogP contribution in [-0.2, 0) is 18.4 Å². The highest BCUT2D eigenvalue weighted by Gasteiger charge is 2.22. The molecule has 0 aromatic carbocycles. The van der Waals surface area contributed by atoms with Crippen molar-refractivity contribution in [2.24, 2.45) is 7.05 Å². The Morgan fingerprint density at radius 2 is 2.17 bits per heavy atom. The normalized spacial score (nSPS) is 12.2. The van der Waals surface area contributed by atoms with Crippen molar-refractivity contribution < 1.29 is 9.72 Å². The Morgan fingerprint density at radius 3 is 2.65 bits per heavy atom. The average molecular weight is 320 g/mol. The van der Waals surface area contributed by atoms with E-state index in [1.54, 1.807) is 4.68 Å². The average Bonchev–Trinajstić information content (AvgIpc) is 3.05. The zero-order chi connectivity index (χ0) is 17.1. The highest BCUT2D eigenvalue weighted by Crippen LogP contribution is 2.17.